The number of rotatable bonds is 6. The molecule has 1 atom stereocenters. The van der Waals surface area contributed by atoms with Gasteiger partial charge in [0.05, 0.1) is 0 Å². The number of carboxylic acid groups (broad SMARTS) is 1. The average molecular weight is 235 g/mol. The molecule has 15 heavy (non-hydrogen) atoms. The van der Waals surface area contributed by atoms with Crippen molar-refractivity contribution >= 4 is 23.8 Å². The summed E-state index contributed by atoms with van der Waals surface area (Å²) in [7, 11) is 3.30. The maximum absolute atomic E-state index is 11.2. The van der Waals surface area contributed by atoms with Gasteiger partial charge in [-0.1, -0.05) is 0 Å². The molecule has 7 heteroatoms. The Bertz CT molecular complexity index is 223. The van der Waals surface area contributed by atoms with Crippen LogP contribution in [0, 0.1) is 0 Å². The Balaban J connectivity index is 4.04. The first kappa shape index (κ1) is 14.1. The monoisotopic (exact) mass is 235 g/mol. The molecule has 0 rings (SSSR count). The molecule has 0 heterocycles. The van der Waals surface area contributed by atoms with E-state index in [1.165, 1.54) is 5.01 Å². The summed E-state index contributed by atoms with van der Waals surface area (Å²) >= 11 is 1.54. The van der Waals surface area contributed by atoms with Crippen LogP contribution >= 0.6 is 11.8 Å². The van der Waals surface area contributed by atoms with Gasteiger partial charge in [-0.3, -0.25) is 5.43 Å². The zero-order valence-electron chi connectivity index (χ0n) is 9.11. The normalized spacial score (nSPS) is 12.3. The largest absolute Gasteiger partial charge is 0.480 e. The molecule has 0 aliphatic carbocycles. The van der Waals surface area contributed by atoms with Crippen molar-refractivity contribution in [1.82, 2.24) is 15.8 Å². The average Bonchev–Trinajstić information content (AvgIpc) is 2.10. The van der Waals surface area contributed by atoms with Crippen LogP contribution in [0.5, 0.6) is 0 Å². The molecule has 0 bridgehead atoms. The highest BCUT2D eigenvalue weighted by Crippen LogP contribution is 2.00. The molecule has 0 aliphatic rings. The number of hydrogen-bond donors (Lipinski definition) is 3. The van der Waals surface area contributed by atoms with Gasteiger partial charge in [0, 0.05) is 14.1 Å². The van der Waals surface area contributed by atoms with Gasteiger partial charge in [0.2, 0.25) is 0 Å². The van der Waals surface area contributed by atoms with E-state index in [2.05, 4.69) is 10.7 Å². The second kappa shape index (κ2) is 7.36. The predicted octanol–water partition coefficient (Wildman–Crippen LogP) is -0.0315. The van der Waals surface area contributed by atoms with E-state index in [9.17, 15) is 9.59 Å². The fourth-order valence-corrected chi connectivity index (χ4v) is 1.36. The van der Waals surface area contributed by atoms with Crippen molar-refractivity contribution in [3.05, 3.63) is 0 Å². The molecule has 1 unspecified atom stereocenters. The number of carbonyl (C=O) groups excluding carboxylic acids is 1. The second-order valence-corrected chi connectivity index (χ2v) is 4.14. The summed E-state index contributed by atoms with van der Waals surface area (Å²) in [5, 5.41) is 12.6. The van der Waals surface area contributed by atoms with Gasteiger partial charge in [-0.05, 0) is 18.4 Å². The number of nitrogens with one attached hydrogen (secondary N) is 2. The number of amides is 2. The minimum absolute atomic E-state index is 0.414. The van der Waals surface area contributed by atoms with Gasteiger partial charge in [-0.15, -0.1) is 0 Å². The zero-order chi connectivity index (χ0) is 11.8. The number of thioether (sulfide) groups is 1. The van der Waals surface area contributed by atoms with Crippen molar-refractivity contribution in [3.8, 4) is 0 Å². The first-order valence-corrected chi connectivity index (χ1v) is 5.83. The number of carboxylic acids is 1. The predicted molar refractivity (Wildman–Crippen MR) is 59.8 cm³/mol. The number of carbonyl (C=O) groups is 2. The molecule has 88 valence electrons. The summed E-state index contributed by atoms with van der Waals surface area (Å²) < 4.78 is 0. The third kappa shape index (κ3) is 7.03. The Morgan fingerprint density at radius 3 is 2.47 bits per heavy atom. The van der Waals surface area contributed by atoms with Gasteiger partial charge in [-0.25, -0.2) is 14.6 Å². The molecule has 0 fully saturated rings. The molecule has 0 spiro atoms. The van der Waals surface area contributed by atoms with Gasteiger partial charge in [-0.2, -0.15) is 11.8 Å². The molecule has 0 aromatic carbocycles. The highest BCUT2D eigenvalue weighted by Gasteiger charge is 2.19. The Morgan fingerprint density at radius 1 is 1.47 bits per heavy atom. The minimum atomic E-state index is -1.02. The van der Waals surface area contributed by atoms with Crippen LogP contribution in [0.15, 0.2) is 0 Å². The minimum Gasteiger partial charge on any atom is -0.480 e. The topological polar surface area (TPSA) is 81.7 Å². The molecule has 0 aliphatic heterocycles. The van der Waals surface area contributed by atoms with Crippen LogP contribution in [0.2, 0.25) is 0 Å². The van der Waals surface area contributed by atoms with E-state index in [4.69, 9.17) is 5.11 Å². The third-order valence-electron chi connectivity index (χ3n) is 1.54. The van der Waals surface area contributed by atoms with E-state index >= 15 is 0 Å². The van der Waals surface area contributed by atoms with Gasteiger partial charge in [0.15, 0.2) is 0 Å². The number of hydrogen-bond acceptors (Lipinski definition) is 4. The Morgan fingerprint density at radius 2 is 2.07 bits per heavy atom. The molecule has 0 aromatic rings. The van der Waals surface area contributed by atoms with Crippen molar-refractivity contribution in [2.75, 3.05) is 26.1 Å². The lowest BCUT2D eigenvalue weighted by Gasteiger charge is -2.17. The van der Waals surface area contributed by atoms with Gasteiger partial charge in [0.25, 0.3) is 0 Å². The van der Waals surface area contributed by atoms with Crippen LogP contribution in [0.4, 0.5) is 4.79 Å². The first-order valence-electron chi connectivity index (χ1n) is 4.43. The van der Waals surface area contributed by atoms with Crippen molar-refractivity contribution in [2.24, 2.45) is 0 Å². The van der Waals surface area contributed by atoms with Crippen LogP contribution in [0.1, 0.15) is 6.42 Å². The van der Waals surface area contributed by atoms with E-state index in [0.29, 0.717) is 12.2 Å². The standard InChI is InChI=1S/C8H17N3O3S/c1-11(2)10-8(14)9-6(7(12)13)4-5-15-3/h6H,4-5H2,1-3H3,(H,12,13)(H2,9,10,14). The van der Waals surface area contributed by atoms with Crippen LogP contribution in [0.3, 0.4) is 0 Å². The zero-order valence-corrected chi connectivity index (χ0v) is 9.93. The Labute approximate surface area is 93.4 Å². The Hall–Kier alpha value is -0.950. The number of hydrazine groups is 1. The van der Waals surface area contributed by atoms with Crippen LogP contribution in [0.25, 0.3) is 0 Å². The highest BCUT2D eigenvalue weighted by atomic mass is 32.2. The lowest BCUT2D eigenvalue weighted by molar-refractivity contribution is -0.139. The number of aliphatic carboxylic acids is 1. The van der Waals surface area contributed by atoms with E-state index in [1.54, 1.807) is 25.9 Å². The fraction of sp³-hybridized carbons (Fsp3) is 0.750. The SMILES string of the molecule is CSCCC(NC(=O)NN(C)C)C(=O)O. The smallest absolute Gasteiger partial charge is 0.330 e. The maximum Gasteiger partial charge on any atom is 0.330 e. The quantitative estimate of drug-likeness (QED) is 0.563. The summed E-state index contributed by atoms with van der Waals surface area (Å²) in [6.07, 6.45) is 2.30. The van der Waals surface area contributed by atoms with Gasteiger partial charge >= 0.3 is 12.0 Å². The second-order valence-electron chi connectivity index (χ2n) is 3.15. The van der Waals surface area contributed by atoms with Gasteiger partial charge < -0.3 is 10.4 Å². The molecule has 2 amide bonds. The van der Waals surface area contributed by atoms with E-state index in [0.717, 1.165) is 0 Å². The molecular weight excluding hydrogens is 218 g/mol. The molecule has 6 nitrogen and oxygen atoms in total. The summed E-state index contributed by atoms with van der Waals surface area (Å²) in [5.41, 5.74) is 2.42. The molecular formula is C8H17N3O3S. The maximum atomic E-state index is 11.2. The van der Waals surface area contributed by atoms with Crippen molar-refractivity contribution in [3.63, 3.8) is 0 Å². The lowest BCUT2D eigenvalue weighted by Crippen LogP contribution is -2.49. The summed E-state index contributed by atoms with van der Waals surface area (Å²) in [6, 6.07) is -1.34. The van der Waals surface area contributed by atoms with E-state index in [-0.39, 0.29) is 0 Å². The van der Waals surface area contributed by atoms with E-state index in [1.807, 2.05) is 6.26 Å². The third-order valence-corrected chi connectivity index (χ3v) is 2.18. The summed E-state index contributed by atoms with van der Waals surface area (Å²) in [4.78, 5) is 22.0. The van der Waals surface area contributed by atoms with Crippen molar-refractivity contribution in [1.29, 1.82) is 0 Å². The van der Waals surface area contributed by atoms with Gasteiger partial charge in [0.1, 0.15) is 6.04 Å². The summed E-state index contributed by atoms with van der Waals surface area (Å²) in [5.74, 6) is -0.322. The first-order chi connectivity index (χ1) is 6.97. The van der Waals surface area contributed by atoms with Crippen LogP contribution < -0.4 is 10.7 Å². The Kier molecular flexibility index (Phi) is 6.89. The lowest BCUT2D eigenvalue weighted by atomic mass is 10.2. The van der Waals surface area contributed by atoms with Crippen LogP contribution in [-0.2, 0) is 4.79 Å². The molecule has 0 radical (unpaired) electrons. The number of nitrogens with zero attached hydrogens (tertiary/aromatic N) is 1. The molecule has 0 aromatic heterocycles. The molecule has 0 saturated heterocycles. The number of urea groups is 1. The molecule has 0 saturated carbocycles. The van der Waals surface area contributed by atoms with Crippen molar-refractivity contribution in [2.45, 2.75) is 12.5 Å². The van der Waals surface area contributed by atoms with E-state index < -0.39 is 18.0 Å². The highest BCUT2D eigenvalue weighted by molar-refractivity contribution is 7.98. The molecule has 3 N–H and O–H groups in total. The van der Waals surface area contributed by atoms with Crippen molar-refractivity contribution < 1.29 is 14.7 Å². The summed E-state index contributed by atoms with van der Waals surface area (Å²) in [6.45, 7) is 0. The van der Waals surface area contributed by atoms with Crippen LogP contribution in [-0.4, -0.2) is 54.3 Å². The fourth-order valence-electron chi connectivity index (χ4n) is 0.887.